The van der Waals surface area contributed by atoms with Crippen LogP contribution < -0.4 is 5.73 Å². The first-order chi connectivity index (χ1) is 9.11. The van der Waals surface area contributed by atoms with E-state index in [1.165, 1.54) is 16.7 Å². The predicted octanol–water partition coefficient (Wildman–Crippen LogP) is 2.63. The Labute approximate surface area is 116 Å². The van der Waals surface area contributed by atoms with Crippen LogP contribution in [-0.2, 0) is 11.3 Å². The number of rotatable bonds is 6. The van der Waals surface area contributed by atoms with E-state index < -0.39 is 0 Å². The fourth-order valence-corrected chi connectivity index (χ4v) is 2.79. The van der Waals surface area contributed by atoms with Crippen molar-refractivity contribution in [3.05, 3.63) is 34.9 Å². The molecular weight excluding hydrogens is 236 g/mol. The van der Waals surface area contributed by atoms with Gasteiger partial charge in [-0.3, -0.25) is 4.90 Å². The molecule has 1 aromatic rings. The third kappa shape index (κ3) is 3.56. The average Bonchev–Trinajstić information content (AvgIpc) is 2.71. The highest BCUT2D eigenvalue weighted by molar-refractivity contribution is 5.37. The van der Waals surface area contributed by atoms with E-state index in [1.54, 1.807) is 0 Å². The minimum atomic E-state index is 0.323. The second kappa shape index (κ2) is 6.51. The molecule has 1 aromatic carbocycles. The first-order valence-electron chi connectivity index (χ1n) is 7.27. The van der Waals surface area contributed by atoms with Crippen LogP contribution in [0.3, 0.4) is 0 Å². The lowest BCUT2D eigenvalue weighted by atomic mass is 10.0. The van der Waals surface area contributed by atoms with Crippen molar-refractivity contribution in [1.29, 1.82) is 0 Å². The normalized spacial score (nSPS) is 19.1. The van der Waals surface area contributed by atoms with Gasteiger partial charge in [-0.25, -0.2) is 0 Å². The molecule has 19 heavy (non-hydrogen) atoms. The fourth-order valence-electron chi connectivity index (χ4n) is 2.79. The Kier molecular flexibility index (Phi) is 4.97. The largest absolute Gasteiger partial charge is 0.379 e. The number of hydrogen-bond donors (Lipinski definition) is 1. The Balaban J connectivity index is 1.93. The van der Waals surface area contributed by atoms with Crippen molar-refractivity contribution in [1.82, 2.24) is 4.90 Å². The molecular formula is C16H26N2O. The molecule has 1 aliphatic rings. The summed E-state index contributed by atoms with van der Waals surface area (Å²) < 4.78 is 5.61. The number of aryl methyl sites for hydroxylation is 1. The first kappa shape index (κ1) is 14.5. The van der Waals surface area contributed by atoms with Crippen molar-refractivity contribution in [2.45, 2.75) is 45.9 Å². The van der Waals surface area contributed by atoms with Gasteiger partial charge in [-0.2, -0.15) is 0 Å². The lowest BCUT2D eigenvalue weighted by molar-refractivity contribution is 0.0675. The molecule has 0 saturated heterocycles. The van der Waals surface area contributed by atoms with E-state index in [0.717, 1.165) is 26.1 Å². The molecule has 2 N–H and O–H groups in total. The highest BCUT2D eigenvalue weighted by Gasteiger charge is 2.28. The monoisotopic (exact) mass is 262 g/mol. The molecule has 0 aromatic heterocycles. The van der Waals surface area contributed by atoms with Gasteiger partial charge in [-0.1, -0.05) is 23.8 Å². The zero-order valence-corrected chi connectivity index (χ0v) is 12.4. The molecule has 0 spiro atoms. The summed E-state index contributed by atoms with van der Waals surface area (Å²) in [6, 6.07) is 7.11. The van der Waals surface area contributed by atoms with Gasteiger partial charge in [0.15, 0.2) is 0 Å². The van der Waals surface area contributed by atoms with Crippen LogP contribution in [0.4, 0.5) is 0 Å². The number of nitrogens with two attached hydrogens (primary N) is 1. The highest BCUT2D eigenvalue weighted by atomic mass is 16.5. The molecule has 0 amide bonds. The fraction of sp³-hybridized carbons (Fsp3) is 0.625. The van der Waals surface area contributed by atoms with Crippen LogP contribution >= 0.6 is 0 Å². The van der Waals surface area contributed by atoms with Crippen LogP contribution in [0.15, 0.2) is 18.2 Å². The Hall–Kier alpha value is -0.900. The molecule has 1 aliphatic heterocycles. The molecule has 0 saturated carbocycles. The van der Waals surface area contributed by atoms with Crippen molar-refractivity contribution < 1.29 is 4.74 Å². The van der Waals surface area contributed by atoms with Crippen molar-refractivity contribution >= 4 is 0 Å². The van der Waals surface area contributed by atoms with E-state index in [4.69, 9.17) is 10.5 Å². The van der Waals surface area contributed by atoms with E-state index >= 15 is 0 Å². The molecule has 0 radical (unpaired) electrons. The van der Waals surface area contributed by atoms with Gasteiger partial charge in [0.2, 0.25) is 0 Å². The second-order valence-electron chi connectivity index (χ2n) is 5.70. The maximum absolute atomic E-state index is 5.97. The van der Waals surface area contributed by atoms with Crippen LogP contribution in [-0.4, -0.2) is 30.7 Å². The summed E-state index contributed by atoms with van der Waals surface area (Å²) in [5.74, 6) is 0. The van der Waals surface area contributed by atoms with E-state index in [9.17, 15) is 0 Å². The summed E-state index contributed by atoms with van der Waals surface area (Å²) in [6.45, 7) is 9.92. The standard InChI is InChI=1S/C16H26N2O/c1-12(2)19-8-4-7-18-11-14-6-5-13(3)9-15(14)16(18)10-17/h5-6,9,12,16H,4,7-8,10-11,17H2,1-3H3. The van der Waals surface area contributed by atoms with Crippen molar-refractivity contribution in [3.63, 3.8) is 0 Å². The maximum Gasteiger partial charge on any atom is 0.0518 e. The molecule has 0 fully saturated rings. The number of ether oxygens (including phenoxy) is 1. The van der Waals surface area contributed by atoms with E-state index in [-0.39, 0.29) is 0 Å². The van der Waals surface area contributed by atoms with Crippen molar-refractivity contribution in [2.75, 3.05) is 19.7 Å². The second-order valence-corrected chi connectivity index (χ2v) is 5.70. The minimum absolute atomic E-state index is 0.323. The van der Waals surface area contributed by atoms with Gasteiger partial charge < -0.3 is 10.5 Å². The summed E-state index contributed by atoms with van der Waals surface area (Å²) in [5.41, 5.74) is 10.1. The molecule has 2 rings (SSSR count). The Morgan fingerprint density at radius 2 is 2.21 bits per heavy atom. The maximum atomic E-state index is 5.97. The van der Waals surface area contributed by atoms with E-state index in [1.807, 2.05) is 0 Å². The van der Waals surface area contributed by atoms with Gasteiger partial charge in [0.05, 0.1) is 6.10 Å². The van der Waals surface area contributed by atoms with Crippen LogP contribution in [0.5, 0.6) is 0 Å². The van der Waals surface area contributed by atoms with Gasteiger partial charge in [-0.15, -0.1) is 0 Å². The van der Waals surface area contributed by atoms with Gasteiger partial charge in [0.1, 0.15) is 0 Å². The van der Waals surface area contributed by atoms with Crippen LogP contribution in [0, 0.1) is 6.92 Å². The van der Waals surface area contributed by atoms with Gasteiger partial charge >= 0.3 is 0 Å². The Morgan fingerprint density at radius 3 is 2.89 bits per heavy atom. The number of hydrogen-bond acceptors (Lipinski definition) is 3. The van der Waals surface area contributed by atoms with E-state index in [2.05, 4.69) is 43.9 Å². The molecule has 0 bridgehead atoms. The predicted molar refractivity (Wildman–Crippen MR) is 79.1 cm³/mol. The lowest BCUT2D eigenvalue weighted by Crippen LogP contribution is -2.29. The first-order valence-corrected chi connectivity index (χ1v) is 7.27. The highest BCUT2D eigenvalue weighted by Crippen LogP contribution is 2.33. The minimum Gasteiger partial charge on any atom is -0.379 e. The number of nitrogens with zero attached hydrogens (tertiary/aromatic N) is 1. The third-order valence-electron chi connectivity index (χ3n) is 3.74. The zero-order valence-electron chi connectivity index (χ0n) is 12.4. The van der Waals surface area contributed by atoms with Crippen LogP contribution in [0.2, 0.25) is 0 Å². The molecule has 3 nitrogen and oxygen atoms in total. The summed E-state index contributed by atoms with van der Waals surface area (Å²) in [7, 11) is 0. The Bertz CT molecular complexity index is 417. The lowest BCUT2D eigenvalue weighted by Gasteiger charge is -2.24. The SMILES string of the molecule is Cc1ccc2c(c1)C(CN)N(CCCOC(C)C)C2. The van der Waals surface area contributed by atoms with Crippen molar-refractivity contribution in [2.24, 2.45) is 5.73 Å². The molecule has 3 heteroatoms. The van der Waals surface area contributed by atoms with Crippen molar-refractivity contribution in [3.8, 4) is 0 Å². The Morgan fingerprint density at radius 1 is 1.42 bits per heavy atom. The average molecular weight is 262 g/mol. The zero-order chi connectivity index (χ0) is 13.8. The van der Waals surface area contributed by atoms with Gasteiger partial charge in [0, 0.05) is 32.3 Å². The molecule has 1 unspecified atom stereocenters. The summed E-state index contributed by atoms with van der Waals surface area (Å²) in [6.07, 6.45) is 1.39. The summed E-state index contributed by atoms with van der Waals surface area (Å²) in [5, 5.41) is 0. The summed E-state index contributed by atoms with van der Waals surface area (Å²) >= 11 is 0. The van der Waals surface area contributed by atoms with Gasteiger partial charge in [-0.05, 0) is 38.3 Å². The molecule has 0 aliphatic carbocycles. The molecule has 1 atom stereocenters. The van der Waals surface area contributed by atoms with Crippen LogP contribution in [0.1, 0.15) is 43.0 Å². The van der Waals surface area contributed by atoms with Gasteiger partial charge in [0.25, 0.3) is 0 Å². The number of fused-ring (bicyclic) bond motifs is 1. The molecule has 106 valence electrons. The van der Waals surface area contributed by atoms with E-state index in [0.29, 0.717) is 18.7 Å². The van der Waals surface area contributed by atoms with Crippen LogP contribution in [0.25, 0.3) is 0 Å². The quantitative estimate of drug-likeness (QED) is 0.801. The number of benzene rings is 1. The third-order valence-corrected chi connectivity index (χ3v) is 3.74. The topological polar surface area (TPSA) is 38.5 Å². The smallest absolute Gasteiger partial charge is 0.0518 e. The summed E-state index contributed by atoms with van der Waals surface area (Å²) in [4.78, 5) is 2.48. The molecule has 1 heterocycles.